The second kappa shape index (κ2) is 5.47. The van der Waals surface area contributed by atoms with E-state index in [4.69, 9.17) is 0 Å². The van der Waals surface area contributed by atoms with Crippen molar-refractivity contribution in [2.24, 2.45) is 0 Å². The minimum atomic E-state index is -0.630. The molecule has 0 bridgehead atoms. The lowest BCUT2D eigenvalue weighted by atomic mass is 10.2. The molecular weight excluding hydrogens is 268 g/mol. The molecular formula is C15H16N4O2. The highest BCUT2D eigenvalue weighted by Gasteiger charge is 2.27. The monoisotopic (exact) mass is 284 g/mol. The molecule has 1 N–H and O–H groups in total. The Bertz CT molecular complexity index is 707. The van der Waals surface area contributed by atoms with Crippen LogP contribution in [0.5, 0.6) is 0 Å². The third-order valence-corrected chi connectivity index (χ3v) is 3.45. The predicted molar refractivity (Wildman–Crippen MR) is 77.6 cm³/mol. The van der Waals surface area contributed by atoms with E-state index in [9.17, 15) is 9.59 Å². The van der Waals surface area contributed by atoms with Crippen molar-refractivity contribution in [2.45, 2.75) is 31.8 Å². The number of hydrogen-bond acceptors (Lipinski definition) is 4. The zero-order valence-corrected chi connectivity index (χ0v) is 11.7. The molecule has 2 aromatic heterocycles. The molecule has 1 saturated carbocycles. The number of carbonyl (C=O) groups excluding carboxylic acids is 1. The van der Waals surface area contributed by atoms with Crippen molar-refractivity contribution in [1.82, 2.24) is 20.1 Å². The van der Waals surface area contributed by atoms with E-state index < -0.39 is 6.04 Å². The Morgan fingerprint density at radius 2 is 2.19 bits per heavy atom. The van der Waals surface area contributed by atoms with Gasteiger partial charge in [-0.05, 0) is 38.0 Å². The Labute approximate surface area is 121 Å². The van der Waals surface area contributed by atoms with Gasteiger partial charge in [-0.2, -0.15) is 5.10 Å². The van der Waals surface area contributed by atoms with Crippen molar-refractivity contribution in [1.29, 1.82) is 0 Å². The van der Waals surface area contributed by atoms with Gasteiger partial charge in [-0.15, -0.1) is 0 Å². The molecule has 1 aliphatic rings. The number of carbonyl (C=O) groups is 1. The van der Waals surface area contributed by atoms with E-state index >= 15 is 0 Å². The van der Waals surface area contributed by atoms with E-state index in [1.54, 1.807) is 31.5 Å². The molecule has 21 heavy (non-hydrogen) atoms. The van der Waals surface area contributed by atoms with Gasteiger partial charge in [0.15, 0.2) is 0 Å². The topological polar surface area (TPSA) is 76.9 Å². The first-order valence-corrected chi connectivity index (χ1v) is 6.96. The van der Waals surface area contributed by atoms with E-state index in [1.807, 2.05) is 6.07 Å². The maximum absolute atomic E-state index is 12.1. The van der Waals surface area contributed by atoms with Crippen LogP contribution in [0.2, 0.25) is 0 Å². The zero-order valence-electron chi connectivity index (χ0n) is 11.7. The molecule has 2 aromatic rings. The predicted octanol–water partition coefficient (Wildman–Crippen LogP) is 1.14. The van der Waals surface area contributed by atoms with E-state index in [2.05, 4.69) is 15.4 Å². The lowest BCUT2D eigenvalue weighted by molar-refractivity contribution is -0.124. The highest BCUT2D eigenvalue weighted by molar-refractivity contribution is 5.80. The van der Waals surface area contributed by atoms with Crippen LogP contribution in [0.15, 0.2) is 41.5 Å². The first-order chi connectivity index (χ1) is 10.1. The Hall–Kier alpha value is -2.50. The van der Waals surface area contributed by atoms with Crippen molar-refractivity contribution in [3.63, 3.8) is 0 Å². The Kier molecular flexibility index (Phi) is 3.51. The molecule has 1 unspecified atom stereocenters. The molecule has 0 aromatic carbocycles. The third-order valence-electron chi connectivity index (χ3n) is 3.45. The molecule has 6 nitrogen and oxygen atoms in total. The summed E-state index contributed by atoms with van der Waals surface area (Å²) in [7, 11) is 0. The van der Waals surface area contributed by atoms with Crippen LogP contribution in [0, 0.1) is 0 Å². The Morgan fingerprint density at radius 1 is 1.38 bits per heavy atom. The molecule has 6 heteroatoms. The summed E-state index contributed by atoms with van der Waals surface area (Å²) in [6.07, 6.45) is 5.37. The third kappa shape index (κ3) is 2.99. The van der Waals surface area contributed by atoms with Crippen molar-refractivity contribution >= 4 is 5.91 Å². The normalized spacial score (nSPS) is 15.5. The van der Waals surface area contributed by atoms with Gasteiger partial charge in [0.25, 0.3) is 5.56 Å². The van der Waals surface area contributed by atoms with Crippen molar-refractivity contribution in [2.75, 3.05) is 0 Å². The van der Waals surface area contributed by atoms with Crippen LogP contribution in [0.4, 0.5) is 0 Å². The van der Waals surface area contributed by atoms with Crippen molar-refractivity contribution in [3.05, 3.63) is 47.0 Å². The van der Waals surface area contributed by atoms with Crippen LogP contribution in [0.3, 0.4) is 0 Å². The highest BCUT2D eigenvalue weighted by atomic mass is 16.2. The first kappa shape index (κ1) is 13.5. The van der Waals surface area contributed by atoms with Gasteiger partial charge in [-0.25, -0.2) is 4.68 Å². The maximum atomic E-state index is 12.1. The van der Waals surface area contributed by atoms with Gasteiger partial charge in [0.1, 0.15) is 6.04 Å². The summed E-state index contributed by atoms with van der Waals surface area (Å²) in [6, 6.07) is 6.36. The smallest absolute Gasteiger partial charge is 0.267 e. The molecule has 1 fully saturated rings. The van der Waals surface area contributed by atoms with E-state index in [1.165, 1.54) is 10.7 Å². The fraction of sp³-hybridized carbons (Fsp3) is 0.333. The van der Waals surface area contributed by atoms with Crippen LogP contribution in [0.25, 0.3) is 11.3 Å². The molecule has 0 spiro atoms. The number of pyridine rings is 1. The lowest BCUT2D eigenvalue weighted by Gasteiger charge is -2.14. The van der Waals surface area contributed by atoms with E-state index in [-0.39, 0.29) is 17.5 Å². The van der Waals surface area contributed by atoms with Crippen LogP contribution in [-0.2, 0) is 4.79 Å². The second-order valence-electron chi connectivity index (χ2n) is 5.20. The number of amides is 1. The van der Waals surface area contributed by atoms with Gasteiger partial charge in [-0.1, -0.05) is 0 Å². The van der Waals surface area contributed by atoms with Crippen LogP contribution < -0.4 is 10.9 Å². The number of rotatable bonds is 4. The fourth-order valence-electron chi connectivity index (χ4n) is 2.03. The second-order valence-corrected chi connectivity index (χ2v) is 5.20. The van der Waals surface area contributed by atoms with Gasteiger partial charge in [-0.3, -0.25) is 14.6 Å². The Balaban J connectivity index is 1.90. The minimum absolute atomic E-state index is 0.171. The minimum Gasteiger partial charge on any atom is -0.352 e. The van der Waals surface area contributed by atoms with Crippen molar-refractivity contribution < 1.29 is 4.79 Å². The molecule has 3 rings (SSSR count). The SMILES string of the molecule is CC(C(=O)NC1CC1)n1nc(-c2cccnc2)ccc1=O. The quantitative estimate of drug-likeness (QED) is 0.913. The highest BCUT2D eigenvalue weighted by Crippen LogP contribution is 2.20. The average molecular weight is 284 g/mol. The lowest BCUT2D eigenvalue weighted by Crippen LogP contribution is -2.37. The summed E-state index contributed by atoms with van der Waals surface area (Å²) in [6.45, 7) is 1.68. The Morgan fingerprint density at radius 3 is 2.86 bits per heavy atom. The number of nitrogens with zero attached hydrogens (tertiary/aromatic N) is 3. The summed E-state index contributed by atoms with van der Waals surface area (Å²) in [5, 5.41) is 7.18. The summed E-state index contributed by atoms with van der Waals surface area (Å²) in [5.74, 6) is -0.171. The molecule has 2 heterocycles. The van der Waals surface area contributed by atoms with Gasteiger partial charge in [0, 0.05) is 30.1 Å². The molecule has 0 saturated heterocycles. The number of aromatic nitrogens is 3. The molecule has 0 aliphatic heterocycles. The number of nitrogens with one attached hydrogen (secondary N) is 1. The molecule has 1 amide bonds. The van der Waals surface area contributed by atoms with E-state index in [0.29, 0.717) is 5.69 Å². The molecule has 0 radical (unpaired) electrons. The van der Waals surface area contributed by atoms with Gasteiger partial charge < -0.3 is 5.32 Å². The standard InChI is InChI=1S/C15H16N4O2/c1-10(15(21)17-12-4-5-12)19-14(20)7-6-13(18-19)11-3-2-8-16-9-11/h2-3,6-10,12H,4-5H2,1H3,(H,17,21). The van der Waals surface area contributed by atoms with Gasteiger partial charge in [0.2, 0.25) is 5.91 Å². The zero-order chi connectivity index (χ0) is 14.8. The largest absolute Gasteiger partial charge is 0.352 e. The van der Waals surface area contributed by atoms with Crippen molar-refractivity contribution in [3.8, 4) is 11.3 Å². The molecule has 1 aliphatic carbocycles. The fourth-order valence-corrected chi connectivity index (χ4v) is 2.03. The summed E-state index contributed by atoms with van der Waals surface area (Å²) in [4.78, 5) is 28.1. The summed E-state index contributed by atoms with van der Waals surface area (Å²) < 4.78 is 1.22. The van der Waals surface area contributed by atoms with E-state index in [0.717, 1.165) is 18.4 Å². The van der Waals surface area contributed by atoms with Crippen LogP contribution in [-0.4, -0.2) is 26.7 Å². The summed E-state index contributed by atoms with van der Waals surface area (Å²) >= 11 is 0. The van der Waals surface area contributed by atoms with Gasteiger partial charge in [0.05, 0.1) is 5.69 Å². The van der Waals surface area contributed by atoms with Crippen LogP contribution in [0.1, 0.15) is 25.8 Å². The van der Waals surface area contributed by atoms with Crippen LogP contribution >= 0.6 is 0 Å². The average Bonchev–Trinajstić information content (AvgIpc) is 3.32. The number of hydrogen-bond donors (Lipinski definition) is 1. The molecule has 108 valence electrons. The summed E-state index contributed by atoms with van der Waals surface area (Å²) in [5.41, 5.74) is 1.14. The van der Waals surface area contributed by atoms with Gasteiger partial charge >= 0.3 is 0 Å². The molecule has 1 atom stereocenters. The maximum Gasteiger partial charge on any atom is 0.267 e. The first-order valence-electron chi connectivity index (χ1n) is 6.96.